The van der Waals surface area contributed by atoms with Crippen LogP contribution in [0.2, 0.25) is 0 Å². The van der Waals surface area contributed by atoms with E-state index >= 15 is 0 Å². The van der Waals surface area contributed by atoms with Crippen LogP contribution in [0.1, 0.15) is 38.6 Å². The predicted octanol–water partition coefficient (Wildman–Crippen LogP) is 1.67. The van der Waals surface area contributed by atoms with E-state index in [4.69, 9.17) is 0 Å². The van der Waals surface area contributed by atoms with E-state index in [1.807, 2.05) is 6.33 Å². The Balaban J connectivity index is 2.46. The van der Waals surface area contributed by atoms with Gasteiger partial charge in [0.2, 0.25) is 0 Å². The van der Waals surface area contributed by atoms with Crippen LogP contribution >= 0.6 is 0 Å². The van der Waals surface area contributed by atoms with Crippen molar-refractivity contribution >= 4 is 0 Å². The van der Waals surface area contributed by atoms with Crippen molar-refractivity contribution in [1.82, 2.24) is 14.9 Å². The summed E-state index contributed by atoms with van der Waals surface area (Å²) in [6.07, 6.45) is 4.19. The van der Waals surface area contributed by atoms with Gasteiger partial charge in [-0.15, -0.1) is 0 Å². The van der Waals surface area contributed by atoms with Gasteiger partial charge in [0, 0.05) is 25.2 Å². The van der Waals surface area contributed by atoms with Crippen LogP contribution in [0, 0.1) is 0 Å². The molecule has 0 amide bonds. The molecule has 0 spiro atoms. The van der Waals surface area contributed by atoms with Gasteiger partial charge in [0.1, 0.15) is 0 Å². The fourth-order valence-corrected chi connectivity index (χ4v) is 2.24. The summed E-state index contributed by atoms with van der Waals surface area (Å²) in [6.45, 7) is 8.74. The molecule has 0 saturated heterocycles. The molecule has 0 fully saturated rings. The van der Waals surface area contributed by atoms with Gasteiger partial charge in [-0.3, -0.25) is 0 Å². The molecule has 1 aliphatic heterocycles. The minimum Gasteiger partial charge on any atom is -0.334 e. The van der Waals surface area contributed by atoms with Crippen molar-refractivity contribution in [1.29, 1.82) is 0 Å². The highest BCUT2D eigenvalue weighted by Gasteiger charge is 2.33. The lowest BCUT2D eigenvalue weighted by atomic mass is 9.89. The molecule has 1 unspecified atom stereocenters. The first-order valence-corrected chi connectivity index (χ1v) is 5.50. The second kappa shape index (κ2) is 3.39. The van der Waals surface area contributed by atoms with Crippen LogP contribution in [-0.2, 0) is 18.5 Å². The first-order valence-electron chi connectivity index (χ1n) is 5.50. The van der Waals surface area contributed by atoms with Crippen LogP contribution in [0.25, 0.3) is 0 Å². The van der Waals surface area contributed by atoms with Crippen molar-refractivity contribution in [3.05, 3.63) is 17.7 Å². The van der Waals surface area contributed by atoms with Crippen molar-refractivity contribution in [2.45, 2.75) is 45.7 Å². The molecule has 1 aromatic rings. The summed E-state index contributed by atoms with van der Waals surface area (Å²) >= 11 is 0. The Morgan fingerprint density at radius 3 is 3.00 bits per heavy atom. The highest BCUT2D eigenvalue weighted by molar-refractivity contribution is 5.25. The third kappa shape index (κ3) is 1.27. The monoisotopic (exact) mass is 193 g/mol. The number of hydrogen-bond acceptors (Lipinski definition) is 2. The van der Waals surface area contributed by atoms with E-state index < -0.39 is 0 Å². The van der Waals surface area contributed by atoms with E-state index in [9.17, 15) is 0 Å². The Morgan fingerprint density at radius 2 is 2.36 bits per heavy atom. The first-order chi connectivity index (χ1) is 6.71. The van der Waals surface area contributed by atoms with Crippen LogP contribution in [0.3, 0.4) is 0 Å². The zero-order valence-corrected chi connectivity index (χ0v) is 9.30. The second-order valence-electron chi connectivity index (χ2n) is 4.19. The number of imidazole rings is 1. The van der Waals surface area contributed by atoms with Gasteiger partial charge in [-0.2, -0.15) is 0 Å². The molecule has 0 aliphatic carbocycles. The Labute approximate surface area is 85.5 Å². The molecule has 0 bridgehead atoms. The summed E-state index contributed by atoms with van der Waals surface area (Å²) in [6, 6.07) is 0. The number of rotatable bonds is 2. The first kappa shape index (κ1) is 9.71. The van der Waals surface area contributed by atoms with Gasteiger partial charge >= 0.3 is 0 Å². The summed E-state index contributed by atoms with van der Waals surface area (Å²) in [4.78, 5) is 4.55. The molecule has 1 N–H and O–H groups in total. The molecule has 3 heteroatoms. The largest absolute Gasteiger partial charge is 0.334 e. The van der Waals surface area contributed by atoms with Crippen LogP contribution in [0.4, 0.5) is 0 Å². The number of nitrogens with zero attached hydrogens (tertiary/aromatic N) is 2. The third-order valence-corrected chi connectivity index (χ3v) is 3.39. The van der Waals surface area contributed by atoms with Crippen molar-refractivity contribution in [3.63, 3.8) is 0 Å². The zero-order chi connectivity index (χ0) is 10.2. The Hall–Kier alpha value is -0.830. The Bertz CT molecular complexity index is 329. The molecule has 14 heavy (non-hydrogen) atoms. The summed E-state index contributed by atoms with van der Waals surface area (Å²) in [5, 5.41) is 3.56. The number of fused-ring (bicyclic) bond motifs is 1. The van der Waals surface area contributed by atoms with Crippen LogP contribution in [0.15, 0.2) is 6.33 Å². The van der Waals surface area contributed by atoms with Gasteiger partial charge in [0.15, 0.2) is 0 Å². The molecular formula is C11H19N3. The molecule has 2 heterocycles. The highest BCUT2D eigenvalue weighted by atomic mass is 15.1. The maximum Gasteiger partial charge on any atom is 0.0952 e. The van der Waals surface area contributed by atoms with Crippen molar-refractivity contribution in [2.75, 3.05) is 6.54 Å². The fourth-order valence-electron chi connectivity index (χ4n) is 2.24. The number of nitrogens with one attached hydrogen (secondary N) is 1. The van der Waals surface area contributed by atoms with Gasteiger partial charge in [-0.1, -0.05) is 6.92 Å². The summed E-state index contributed by atoms with van der Waals surface area (Å²) in [5.41, 5.74) is 2.78. The molecule has 3 nitrogen and oxygen atoms in total. The molecule has 0 aromatic carbocycles. The van der Waals surface area contributed by atoms with E-state index in [2.05, 4.69) is 35.6 Å². The maximum atomic E-state index is 4.55. The Morgan fingerprint density at radius 1 is 1.57 bits per heavy atom. The lowest BCUT2D eigenvalue weighted by Crippen LogP contribution is -2.45. The van der Waals surface area contributed by atoms with Crippen molar-refractivity contribution in [3.8, 4) is 0 Å². The predicted molar refractivity (Wildman–Crippen MR) is 57.3 cm³/mol. The molecule has 1 atom stereocenters. The minimum absolute atomic E-state index is 0.0913. The summed E-state index contributed by atoms with van der Waals surface area (Å²) in [7, 11) is 0. The lowest BCUT2D eigenvalue weighted by molar-refractivity contribution is 0.323. The normalized spacial score (nSPS) is 26.2. The van der Waals surface area contributed by atoms with Gasteiger partial charge in [0.25, 0.3) is 0 Å². The van der Waals surface area contributed by atoms with E-state index in [1.54, 1.807) is 0 Å². The number of aryl methyl sites for hydroxylation is 1. The third-order valence-electron chi connectivity index (χ3n) is 3.39. The zero-order valence-electron chi connectivity index (χ0n) is 9.30. The van der Waals surface area contributed by atoms with Gasteiger partial charge in [-0.25, -0.2) is 4.98 Å². The number of aromatic nitrogens is 2. The standard InChI is InChI=1S/C11H19N3/c1-4-11(3)10-9(6-7-13-11)14(5-2)8-12-10/h8,13H,4-7H2,1-3H3. The molecule has 0 saturated carbocycles. The molecule has 2 rings (SSSR count). The molecular weight excluding hydrogens is 174 g/mol. The van der Waals surface area contributed by atoms with E-state index in [1.165, 1.54) is 11.4 Å². The maximum absolute atomic E-state index is 4.55. The van der Waals surface area contributed by atoms with E-state index in [-0.39, 0.29) is 5.54 Å². The minimum atomic E-state index is 0.0913. The lowest BCUT2D eigenvalue weighted by Gasteiger charge is -2.33. The second-order valence-corrected chi connectivity index (χ2v) is 4.19. The Kier molecular flexibility index (Phi) is 2.35. The van der Waals surface area contributed by atoms with Crippen LogP contribution in [0.5, 0.6) is 0 Å². The number of hydrogen-bond donors (Lipinski definition) is 1. The molecule has 1 aliphatic rings. The van der Waals surface area contributed by atoms with E-state index in [0.29, 0.717) is 0 Å². The van der Waals surface area contributed by atoms with Crippen LogP contribution in [-0.4, -0.2) is 16.1 Å². The molecule has 78 valence electrons. The quantitative estimate of drug-likeness (QED) is 0.774. The highest BCUT2D eigenvalue weighted by Crippen LogP contribution is 2.29. The van der Waals surface area contributed by atoms with Crippen molar-refractivity contribution in [2.24, 2.45) is 0 Å². The summed E-state index contributed by atoms with van der Waals surface area (Å²) in [5.74, 6) is 0. The van der Waals surface area contributed by atoms with E-state index in [0.717, 1.165) is 25.9 Å². The van der Waals surface area contributed by atoms with Gasteiger partial charge < -0.3 is 9.88 Å². The molecule has 1 aromatic heterocycles. The van der Waals surface area contributed by atoms with Crippen molar-refractivity contribution < 1.29 is 0 Å². The van der Waals surface area contributed by atoms with Crippen LogP contribution < -0.4 is 5.32 Å². The fraction of sp³-hybridized carbons (Fsp3) is 0.727. The SMILES string of the molecule is CCn1cnc2c1CCNC2(C)CC. The van der Waals surface area contributed by atoms with Gasteiger partial charge in [-0.05, 0) is 20.3 Å². The average Bonchev–Trinajstić information content (AvgIpc) is 2.62. The topological polar surface area (TPSA) is 29.9 Å². The average molecular weight is 193 g/mol. The smallest absolute Gasteiger partial charge is 0.0952 e. The molecule has 0 radical (unpaired) electrons. The summed E-state index contributed by atoms with van der Waals surface area (Å²) < 4.78 is 2.27. The van der Waals surface area contributed by atoms with Gasteiger partial charge in [0.05, 0.1) is 17.6 Å².